The van der Waals surface area contributed by atoms with Gasteiger partial charge in [0.05, 0.1) is 10.0 Å². The van der Waals surface area contributed by atoms with Gasteiger partial charge in [-0.15, -0.1) is 5.10 Å². The van der Waals surface area contributed by atoms with Gasteiger partial charge in [-0.25, -0.2) is 9.78 Å². The van der Waals surface area contributed by atoms with Gasteiger partial charge in [-0.3, -0.25) is 5.10 Å². The van der Waals surface area contributed by atoms with Crippen LogP contribution in [0.25, 0.3) is 17.4 Å². The highest BCUT2D eigenvalue weighted by Gasteiger charge is 2.16. The van der Waals surface area contributed by atoms with Crippen molar-refractivity contribution in [2.24, 2.45) is 0 Å². The van der Waals surface area contributed by atoms with Gasteiger partial charge in [-0.05, 0) is 42.4 Å². The highest BCUT2D eigenvalue weighted by atomic mass is 35.5. The van der Waals surface area contributed by atoms with Gasteiger partial charge in [0.2, 0.25) is 5.16 Å². The first-order chi connectivity index (χ1) is 13.0. The van der Waals surface area contributed by atoms with Gasteiger partial charge in [-0.1, -0.05) is 36.2 Å². The van der Waals surface area contributed by atoms with Crippen LogP contribution in [0.3, 0.4) is 0 Å². The van der Waals surface area contributed by atoms with Crippen LogP contribution in [0.1, 0.15) is 24.9 Å². The summed E-state index contributed by atoms with van der Waals surface area (Å²) in [6.07, 6.45) is 3.09. The standard InChI is InChI=1S/C18H15Cl2N3O3S/c1-2-4-15-21-18(23-22-15)27-14(17(24)25)9-10-7-8-13(26-10)11-5-3-6-12(19)16(11)20/h3,5-9H,2,4H2,1H3,(H,24,25)(H,21,22,23)/b14-9-. The number of carboxylic acid groups (broad SMARTS) is 1. The number of carbonyl (C=O) groups is 1. The largest absolute Gasteiger partial charge is 0.477 e. The summed E-state index contributed by atoms with van der Waals surface area (Å²) in [7, 11) is 0. The van der Waals surface area contributed by atoms with Gasteiger partial charge in [0.1, 0.15) is 22.3 Å². The number of H-pyrrole nitrogens is 1. The van der Waals surface area contributed by atoms with E-state index in [1.807, 2.05) is 6.92 Å². The van der Waals surface area contributed by atoms with Gasteiger partial charge in [0, 0.05) is 18.1 Å². The van der Waals surface area contributed by atoms with Crippen molar-refractivity contribution in [3.8, 4) is 11.3 Å². The van der Waals surface area contributed by atoms with E-state index in [1.54, 1.807) is 30.3 Å². The number of carboxylic acids is 1. The molecule has 3 aromatic rings. The molecule has 6 nitrogen and oxygen atoms in total. The first-order valence-electron chi connectivity index (χ1n) is 8.06. The molecule has 0 aliphatic rings. The monoisotopic (exact) mass is 423 g/mol. The summed E-state index contributed by atoms with van der Waals surface area (Å²) in [4.78, 5) is 15.9. The lowest BCUT2D eigenvalue weighted by molar-refractivity contribution is -0.131. The first kappa shape index (κ1) is 19.5. The van der Waals surface area contributed by atoms with Gasteiger partial charge < -0.3 is 9.52 Å². The molecule has 0 aliphatic heterocycles. The number of halogens is 2. The fourth-order valence-corrected chi connectivity index (χ4v) is 3.40. The van der Waals surface area contributed by atoms with Crippen molar-refractivity contribution >= 4 is 47.0 Å². The van der Waals surface area contributed by atoms with Gasteiger partial charge in [0.15, 0.2) is 0 Å². The molecule has 0 saturated heterocycles. The van der Waals surface area contributed by atoms with E-state index < -0.39 is 5.97 Å². The molecule has 1 aromatic carbocycles. The van der Waals surface area contributed by atoms with Crippen LogP contribution in [0.15, 0.2) is 44.8 Å². The van der Waals surface area contributed by atoms with Crippen molar-refractivity contribution in [1.29, 1.82) is 0 Å². The Morgan fingerprint density at radius 3 is 2.89 bits per heavy atom. The van der Waals surface area contributed by atoms with Crippen molar-refractivity contribution in [3.63, 3.8) is 0 Å². The van der Waals surface area contributed by atoms with E-state index >= 15 is 0 Å². The van der Waals surface area contributed by atoms with E-state index in [4.69, 9.17) is 27.6 Å². The minimum absolute atomic E-state index is 0.0372. The molecule has 27 heavy (non-hydrogen) atoms. The summed E-state index contributed by atoms with van der Waals surface area (Å²) in [6, 6.07) is 8.59. The molecular weight excluding hydrogens is 409 g/mol. The predicted molar refractivity (Wildman–Crippen MR) is 106 cm³/mol. The summed E-state index contributed by atoms with van der Waals surface area (Å²) in [5.41, 5.74) is 0.631. The molecule has 0 saturated carbocycles. The Balaban J connectivity index is 1.85. The second-order valence-corrected chi connectivity index (χ2v) is 7.33. The van der Waals surface area contributed by atoms with E-state index in [0.29, 0.717) is 32.3 Å². The number of rotatable bonds is 7. The number of aliphatic carboxylic acids is 1. The quantitative estimate of drug-likeness (QED) is 0.382. The maximum Gasteiger partial charge on any atom is 0.342 e. The lowest BCUT2D eigenvalue weighted by Gasteiger charge is -2.02. The van der Waals surface area contributed by atoms with Crippen LogP contribution in [0, 0.1) is 0 Å². The van der Waals surface area contributed by atoms with E-state index in [0.717, 1.165) is 30.4 Å². The zero-order valence-corrected chi connectivity index (χ0v) is 16.5. The molecule has 0 amide bonds. The molecule has 9 heteroatoms. The van der Waals surface area contributed by atoms with E-state index in [-0.39, 0.29) is 4.91 Å². The number of hydrogen-bond donors (Lipinski definition) is 2. The fraction of sp³-hybridized carbons (Fsp3) is 0.167. The van der Waals surface area contributed by atoms with Crippen LogP contribution in [0.2, 0.25) is 10.0 Å². The van der Waals surface area contributed by atoms with E-state index in [1.165, 1.54) is 6.08 Å². The Kier molecular flexibility index (Phi) is 6.26. The number of aryl methyl sites for hydroxylation is 1. The summed E-state index contributed by atoms with van der Waals surface area (Å²) in [6.45, 7) is 2.03. The number of thioether (sulfide) groups is 1. The molecule has 0 radical (unpaired) electrons. The number of furan rings is 1. The average molecular weight is 424 g/mol. The SMILES string of the molecule is CCCc1nc(S/C(=C\c2ccc(-c3cccc(Cl)c3Cl)o2)C(=O)O)n[nH]1. The highest BCUT2D eigenvalue weighted by Crippen LogP contribution is 2.35. The predicted octanol–water partition coefficient (Wildman–Crippen LogP) is 5.54. The van der Waals surface area contributed by atoms with Crippen LogP contribution in [0.5, 0.6) is 0 Å². The molecule has 0 aliphatic carbocycles. The number of benzene rings is 1. The van der Waals surface area contributed by atoms with Crippen molar-refractivity contribution in [2.45, 2.75) is 24.9 Å². The van der Waals surface area contributed by atoms with Crippen LogP contribution < -0.4 is 0 Å². The second-order valence-electron chi connectivity index (χ2n) is 5.53. The Morgan fingerprint density at radius 1 is 1.33 bits per heavy atom. The van der Waals surface area contributed by atoms with Crippen molar-refractivity contribution in [1.82, 2.24) is 15.2 Å². The lowest BCUT2D eigenvalue weighted by Crippen LogP contribution is -1.97. The van der Waals surface area contributed by atoms with Crippen LogP contribution in [-0.2, 0) is 11.2 Å². The van der Waals surface area contributed by atoms with Crippen molar-refractivity contribution in [2.75, 3.05) is 0 Å². The third-order valence-corrected chi connectivity index (χ3v) is 5.22. The van der Waals surface area contributed by atoms with Crippen LogP contribution in [-0.4, -0.2) is 26.3 Å². The molecule has 2 aromatic heterocycles. The Hall–Kier alpha value is -2.22. The van der Waals surface area contributed by atoms with Gasteiger partial charge in [-0.2, -0.15) is 0 Å². The number of hydrogen-bond acceptors (Lipinski definition) is 5. The fourth-order valence-electron chi connectivity index (χ4n) is 2.30. The van der Waals surface area contributed by atoms with E-state index in [9.17, 15) is 9.90 Å². The topological polar surface area (TPSA) is 92.0 Å². The number of aromatic amines is 1. The molecule has 2 heterocycles. The maximum atomic E-state index is 11.6. The summed E-state index contributed by atoms with van der Waals surface area (Å²) in [5, 5.41) is 17.4. The number of aromatic nitrogens is 3. The normalized spacial score (nSPS) is 11.7. The number of nitrogens with one attached hydrogen (secondary N) is 1. The molecule has 0 atom stereocenters. The molecular formula is C18H15Cl2N3O3S. The smallest absolute Gasteiger partial charge is 0.342 e. The third-order valence-electron chi connectivity index (χ3n) is 3.53. The van der Waals surface area contributed by atoms with Crippen LogP contribution in [0.4, 0.5) is 0 Å². The Labute approximate surface area is 169 Å². The molecule has 3 rings (SSSR count). The molecule has 2 N–H and O–H groups in total. The summed E-state index contributed by atoms with van der Waals surface area (Å²) in [5.74, 6) is 0.489. The number of nitrogens with zero attached hydrogens (tertiary/aromatic N) is 2. The Bertz CT molecular complexity index is 997. The highest BCUT2D eigenvalue weighted by molar-refractivity contribution is 8.04. The van der Waals surface area contributed by atoms with Crippen molar-refractivity contribution in [3.05, 3.63) is 56.9 Å². The zero-order chi connectivity index (χ0) is 19.4. The van der Waals surface area contributed by atoms with Crippen LogP contribution >= 0.6 is 35.0 Å². The molecule has 140 valence electrons. The second kappa shape index (κ2) is 8.65. The average Bonchev–Trinajstić information content (AvgIpc) is 3.27. The molecule has 0 fully saturated rings. The van der Waals surface area contributed by atoms with Gasteiger partial charge in [0.25, 0.3) is 0 Å². The summed E-state index contributed by atoms with van der Waals surface area (Å²) >= 11 is 13.2. The first-order valence-corrected chi connectivity index (χ1v) is 9.63. The van der Waals surface area contributed by atoms with Gasteiger partial charge >= 0.3 is 5.97 Å². The minimum atomic E-state index is -1.10. The van der Waals surface area contributed by atoms with E-state index in [2.05, 4.69) is 15.2 Å². The lowest BCUT2D eigenvalue weighted by atomic mass is 10.2. The zero-order valence-electron chi connectivity index (χ0n) is 14.2. The molecule has 0 unspecified atom stereocenters. The molecule has 0 bridgehead atoms. The summed E-state index contributed by atoms with van der Waals surface area (Å²) < 4.78 is 5.72. The molecule has 0 spiro atoms. The van der Waals surface area contributed by atoms with Crippen molar-refractivity contribution < 1.29 is 14.3 Å². The minimum Gasteiger partial charge on any atom is -0.477 e. The maximum absolute atomic E-state index is 11.6. The Morgan fingerprint density at radius 2 is 2.15 bits per heavy atom. The third kappa shape index (κ3) is 4.74.